The van der Waals surface area contributed by atoms with E-state index >= 15 is 0 Å². The summed E-state index contributed by atoms with van der Waals surface area (Å²) in [5.74, 6) is 0.410. The van der Waals surface area contributed by atoms with Crippen molar-refractivity contribution in [3.63, 3.8) is 0 Å². The van der Waals surface area contributed by atoms with Gasteiger partial charge < -0.3 is 10.4 Å². The zero-order chi connectivity index (χ0) is 9.80. The van der Waals surface area contributed by atoms with Crippen molar-refractivity contribution in [2.45, 2.75) is 25.4 Å². The van der Waals surface area contributed by atoms with Crippen LogP contribution < -0.4 is 5.32 Å². The smallest absolute Gasteiger partial charge is 0.0950 e. The molecule has 1 fully saturated rings. The maximum Gasteiger partial charge on any atom is 0.0950 e. The number of aliphatic hydroxyl groups excluding tert-OH is 1. The van der Waals surface area contributed by atoms with E-state index in [0.717, 1.165) is 24.5 Å². The van der Waals surface area contributed by atoms with Gasteiger partial charge in [-0.25, -0.2) is 4.98 Å². The van der Waals surface area contributed by atoms with Gasteiger partial charge in [0.1, 0.15) is 0 Å². The number of aromatic nitrogens is 1. The van der Waals surface area contributed by atoms with Gasteiger partial charge in [-0.1, -0.05) is 0 Å². The lowest BCUT2D eigenvalue weighted by Crippen LogP contribution is -2.37. The summed E-state index contributed by atoms with van der Waals surface area (Å²) < 4.78 is 0. The summed E-state index contributed by atoms with van der Waals surface area (Å²) in [4.78, 5) is 4.19. The zero-order valence-electron chi connectivity index (χ0n) is 8.15. The van der Waals surface area contributed by atoms with Crippen LogP contribution in [0.5, 0.6) is 0 Å². The lowest BCUT2D eigenvalue weighted by molar-refractivity contribution is 0.0921. The monoisotopic (exact) mass is 212 g/mol. The van der Waals surface area contributed by atoms with E-state index in [-0.39, 0.29) is 6.10 Å². The number of rotatable bonds is 3. The Balaban J connectivity index is 1.85. The van der Waals surface area contributed by atoms with Crippen LogP contribution in [0.3, 0.4) is 0 Å². The predicted octanol–water partition coefficient (Wildman–Crippen LogP) is 1.05. The van der Waals surface area contributed by atoms with Gasteiger partial charge >= 0.3 is 0 Å². The summed E-state index contributed by atoms with van der Waals surface area (Å²) >= 11 is 1.62. The molecule has 0 spiro atoms. The highest BCUT2D eigenvalue weighted by Gasteiger charge is 2.22. The van der Waals surface area contributed by atoms with E-state index in [9.17, 15) is 5.11 Å². The summed E-state index contributed by atoms with van der Waals surface area (Å²) in [6.45, 7) is 2.05. The molecule has 2 heterocycles. The minimum Gasteiger partial charge on any atom is -0.392 e. The summed E-state index contributed by atoms with van der Waals surface area (Å²) in [6.07, 6.45) is 4.60. The van der Waals surface area contributed by atoms with Gasteiger partial charge in [-0.3, -0.25) is 0 Å². The molecule has 0 amide bonds. The molecule has 0 bridgehead atoms. The Kier molecular flexibility index (Phi) is 3.50. The molecule has 3 nitrogen and oxygen atoms in total. The zero-order valence-corrected chi connectivity index (χ0v) is 8.96. The lowest BCUT2D eigenvalue weighted by Gasteiger charge is -2.26. The third-order valence-corrected chi connectivity index (χ3v) is 3.55. The van der Waals surface area contributed by atoms with Crippen LogP contribution in [0.2, 0.25) is 0 Å². The van der Waals surface area contributed by atoms with Gasteiger partial charge in [0.2, 0.25) is 0 Å². The highest BCUT2D eigenvalue weighted by Crippen LogP contribution is 2.18. The second kappa shape index (κ2) is 4.87. The second-order valence-corrected chi connectivity index (χ2v) is 4.78. The van der Waals surface area contributed by atoms with Crippen LogP contribution in [-0.2, 0) is 6.42 Å². The van der Waals surface area contributed by atoms with E-state index in [2.05, 4.69) is 10.3 Å². The Morgan fingerprint density at radius 1 is 1.71 bits per heavy atom. The number of hydrogen-bond acceptors (Lipinski definition) is 4. The van der Waals surface area contributed by atoms with Crippen molar-refractivity contribution in [1.82, 2.24) is 10.3 Å². The molecule has 0 aromatic carbocycles. The van der Waals surface area contributed by atoms with Crippen molar-refractivity contribution >= 4 is 11.3 Å². The number of aliphatic hydroxyl groups is 1. The van der Waals surface area contributed by atoms with Gasteiger partial charge in [-0.2, -0.15) is 0 Å². The summed E-state index contributed by atoms with van der Waals surface area (Å²) in [6, 6.07) is 0. The molecule has 1 aliphatic rings. The van der Waals surface area contributed by atoms with Crippen LogP contribution >= 0.6 is 11.3 Å². The number of piperidine rings is 1. The summed E-state index contributed by atoms with van der Waals surface area (Å²) in [5.41, 5.74) is 0. The van der Waals surface area contributed by atoms with Gasteiger partial charge in [0, 0.05) is 24.5 Å². The average Bonchev–Trinajstić information content (AvgIpc) is 2.72. The Morgan fingerprint density at radius 3 is 3.29 bits per heavy atom. The molecule has 14 heavy (non-hydrogen) atoms. The van der Waals surface area contributed by atoms with Crippen molar-refractivity contribution in [3.8, 4) is 0 Å². The van der Waals surface area contributed by atoms with Crippen LogP contribution in [0.25, 0.3) is 0 Å². The largest absolute Gasteiger partial charge is 0.392 e. The quantitative estimate of drug-likeness (QED) is 0.787. The molecular weight excluding hydrogens is 196 g/mol. The highest BCUT2D eigenvalue weighted by molar-refractivity contribution is 7.09. The predicted molar refractivity (Wildman–Crippen MR) is 57.4 cm³/mol. The van der Waals surface area contributed by atoms with Gasteiger partial charge in [0.05, 0.1) is 11.1 Å². The average molecular weight is 212 g/mol. The molecule has 2 atom stereocenters. The van der Waals surface area contributed by atoms with Crippen molar-refractivity contribution in [2.75, 3.05) is 13.1 Å². The maximum absolute atomic E-state index is 9.97. The molecule has 1 aromatic rings. The van der Waals surface area contributed by atoms with Crippen molar-refractivity contribution in [3.05, 3.63) is 16.6 Å². The standard InChI is InChI=1S/C10H16N2OS/c13-9(6-10-12-4-5-14-10)8-2-1-3-11-7-8/h4-5,8-9,11,13H,1-3,6-7H2. The molecule has 0 aliphatic carbocycles. The molecule has 0 saturated carbocycles. The number of hydrogen-bond donors (Lipinski definition) is 2. The molecule has 2 unspecified atom stereocenters. The first kappa shape index (κ1) is 10.1. The first-order valence-electron chi connectivity index (χ1n) is 5.13. The van der Waals surface area contributed by atoms with Gasteiger partial charge in [0.25, 0.3) is 0 Å². The lowest BCUT2D eigenvalue weighted by atomic mass is 9.92. The molecule has 1 saturated heterocycles. The van der Waals surface area contributed by atoms with Crippen molar-refractivity contribution in [2.24, 2.45) is 5.92 Å². The molecule has 0 radical (unpaired) electrons. The van der Waals surface area contributed by atoms with E-state index in [1.807, 2.05) is 5.38 Å². The van der Waals surface area contributed by atoms with Gasteiger partial charge in [0.15, 0.2) is 0 Å². The van der Waals surface area contributed by atoms with Crippen LogP contribution in [0.1, 0.15) is 17.8 Å². The van der Waals surface area contributed by atoms with Gasteiger partial charge in [-0.15, -0.1) is 11.3 Å². The third kappa shape index (κ3) is 2.53. The third-order valence-electron chi connectivity index (χ3n) is 2.75. The van der Waals surface area contributed by atoms with E-state index in [0.29, 0.717) is 12.3 Å². The Bertz CT molecular complexity index is 257. The molecule has 1 aromatic heterocycles. The number of nitrogens with one attached hydrogen (secondary N) is 1. The van der Waals surface area contributed by atoms with Crippen LogP contribution in [0, 0.1) is 5.92 Å². The highest BCUT2D eigenvalue weighted by atomic mass is 32.1. The first-order chi connectivity index (χ1) is 6.86. The van der Waals surface area contributed by atoms with Crippen molar-refractivity contribution < 1.29 is 5.11 Å². The Hall–Kier alpha value is -0.450. The number of nitrogens with zero attached hydrogens (tertiary/aromatic N) is 1. The van der Waals surface area contributed by atoms with E-state index in [1.165, 1.54) is 6.42 Å². The fourth-order valence-electron chi connectivity index (χ4n) is 1.91. The fourth-order valence-corrected chi connectivity index (χ4v) is 2.57. The Morgan fingerprint density at radius 2 is 2.64 bits per heavy atom. The maximum atomic E-state index is 9.97. The SMILES string of the molecule is OC(Cc1nccs1)C1CCCNC1. The van der Waals surface area contributed by atoms with Crippen LogP contribution in [-0.4, -0.2) is 29.3 Å². The van der Waals surface area contributed by atoms with E-state index in [1.54, 1.807) is 17.5 Å². The Labute approximate surface area is 88.2 Å². The molecule has 2 N–H and O–H groups in total. The molecule has 4 heteroatoms. The molecule has 1 aliphatic heterocycles. The summed E-state index contributed by atoms with van der Waals surface area (Å²) in [5, 5.41) is 16.3. The fraction of sp³-hybridized carbons (Fsp3) is 0.700. The van der Waals surface area contributed by atoms with E-state index in [4.69, 9.17) is 0 Å². The van der Waals surface area contributed by atoms with Crippen molar-refractivity contribution in [1.29, 1.82) is 0 Å². The van der Waals surface area contributed by atoms with Gasteiger partial charge in [-0.05, 0) is 25.3 Å². The second-order valence-electron chi connectivity index (χ2n) is 3.80. The first-order valence-corrected chi connectivity index (χ1v) is 6.01. The van der Waals surface area contributed by atoms with Crippen LogP contribution in [0.15, 0.2) is 11.6 Å². The minimum absolute atomic E-state index is 0.228. The van der Waals surface area contributed by atoms with Crippen LogP contribution in [0.4, 0.5) is 0 Å². The minimum atomic E-state index is -0.228. The molecule has 78 valence electrons. The normalized spacial score (nSPS) is 24.8. The summed E-state index contributed by atoms with van der Waals surface area (Å²) in [7, 11) is 0. The molecule has 2 rings (SSSR count). The topological polar surface area (TPSA) is 45.2 Å². The van der Waals surface area contributed by atoms with E-state index < -0.39 is 0 Å². The molecular formula is C10H16N2OS. The number of thiazole rings is 1.